The fraction of sp³-hybridized carbons (Fsp3) is 0.269. The third-order valence-electron chi connectivity index (χ3n) is 5.17. The molecule has 150 valence electrons. The molecule has 0 unspecified atom stereocenters. The molecule has 29 heavy (non-hydrogen) atoms. The van der Waals surface area contributed by atoms with Gasteiger partial charge in [-0.1, -0.05) is 32.9 Å². The molecule has 0 fully saturated rings. The highest BCUT2D eigenvalue weighted by atomic mass is 19.1. The molecule has 0 radical (unpaired) electrons. The first kappa shape index (κ1) is 20.8. The van der Waals surface area contributed by atoms with Crippen molar-refractivity contribution < 1.29 is 13.9 Å². The van der Waals surface area contributed by atoms with E-state index in [1.807, 2.05) is 0 Å². The van der Waals surface area contributed by atoms with Gasteiger partial charge in [-0.2, -0.15) is 0 Å². The van der Waals surface area contributed by atoms with E-state index in [2.05, 4.69) is 46.8 Å². The van der Waals surface area contributed by atoms with Crippen LogP contribution >= 0.6 is 0 Å². The summed E-state index contributed by atoms with van der Waals surface area (Å²) in [4.78, 5) is 12.5. The van der Waals surface area contributed by atoms with E-state index in [0.717, 1.165) is 0 Å². The van der Waals surface area contributed by atoms with Crippen molar-refractivity contribution in [2.45, 2.75) is 46.6 Å². The second-order valence-corrected chi connectivity index (χ2v) is 8.49. The lowest BCUT2D eigenvalue weighted by Gasteiger charge is -2.22. The van der Waals surface area contributed by atoms with Crippen LogP contribution in [0.1, 0.15) is 58.9 Å². The van der Waals surface area contributed by atoms with Gasteiger partial charge in [-0.05, 0) is 90.0 Å². The number of hydrogen-bond acceptors (Lipinski definition) is 2. The number of benzene rings is 3. The van der Waals surface area contributed by atoms with Crippen molar-refractivity contribution in [2.24, 2.45) is 0 Å². The van der Waals surface area contributed by atoms with Crippen molar-refractivity contribution in [3.8, 4) is 5.75 Å². The molecule has 0 amide bonds. The van der Waals surface area contributed by atoms with Crippen molar-refractivity contribution in [3.05, 3.63) is 99.9 Å². The molecule has 0 atom stereocenters. The number of ketones is 1. The quantitative estimate of drug-likeness (QED) is 0.462. The van der Waals surface area contributed by atoms with Crippen molar-refractivity contribution in [1.82, 2.24) is 0 Å². The number of rotatable bonds is 5. The van der Waals surface area contributed by atoms with E-state index in [-0.39, 0.29) is 17.0 Å². The minimum atomic E-state index is -0.355. The number of halogens is 1. The predicted molar refractivity (Wildman–Crippen MR) is 115 cm³/mol. The molecule has 0 aliphatic rings. The van der Waals surface area contributed by atoms with Crippen molar-refractivity contribution >= 4 is 5.78 Å². The highest BCUT2D eigenvalue weighted by molar-refractivity contribution is 6.08. The smallest absolute Gasteiger partial charge is 0.193 e. The van der Waals surface area contributed by atoms with Gasteiger partial charge in [0.25, 0.3) is 0 Å². The molecule has 0 saturated carbocycles. The van der Waals surface area contributed by atoms with Crippen LogP contribution in [0.25, 0.3) is 0 Å². The van der Waals surface area contributed by atoms with Crippen LogP contribution in [0.3, 0.4) is 0 Å². The van der Waals surface area contributed by atoms with Crippen molar-refractivity contribution in [3.63, 3.8) is 0 Å². The Hall–Kier alpha value is -2.94. The first-order valence-electron chi connectivity index (χ1n) is 9.79. The first-order chi connectivity index (χ1) is 13.6. The van der Waals surface area contributed by atoms with Gasteiger partial charge in [0.1, 0.15) is 18.2 Å². The molecule has 3 heteroatoms. The Balaban J connectivity index is 1.71. The van der Waals surface area contributed by atoms with Gasteiger partial charge in [-0.3, -0.25) is 4.79 Å². The SMILES string of the molecule is Cc1cc(C(C)(C)C)cc(C)c1COc1ccc(C(=O)c2ccc(F)cc2)cc1. The van der Waals surface area contributed by atoms with Gasteiger partial charge in [-0.25, -0.2) is 4.39 Å². The Morgan fingerprint density at radius 2 is 1.34 bits per heavy atom. The Labute approximate surface area is 172 Å². The summed E-state index contributed by atoms with van der Waals surface area (Å²) in [5.41, 5.74) is 6.07. The Bertz CT molecular complexity index is 987. The molecule has 3 aromatic carbocycles. The highest BCUT2D eigenvalue weighted by Crippen LogP contribution is 2.27. The molecule has 0 heterocycles. The van der Waals surface area contributed by atoms with Crippen LogP contribution in [-0.4, -0.2) is 5.78 Å². The third kappa shape index (κ3) is 4.92. The normalized spacial score (nSPS) is 11.4. The second kappa shape index (κ2) is 8.20. The molecule has 3 rings (SSSR count). The third-order valence-corrected chi connectivity index (χ3v) is 5.17. The van der Waals surface area contributed by atoms with Crippen LogP contribution in [0.5, 0.6) is 5.75 Å². The fourth-order valence-corrected chi connectivity index (χ4v) is 3.28. The Kier molecular flexibility index (Phi) is 5.88. The van der Waals surface area contributed by atoms with Gasteiger partial charge in [0.15, 0.2) is 5.78 Å². The predicted octanol–water partition coefficient (Wildman–Crippen LogP) is 6.55. The molecule has 0 N–H and O–H groups in total. The first-order valence-corrected chi connectivity index (χ1v) is 9.79. The van der Waals surface area contributed by atoms with Crippen LogP contribution in [0, 0.1) is 19.7 Å². The zero-order valence-electron chi connectivity index (χ0n) is 17.7. The molecule has 3 aromatic rings. The summed E-state index contributed by atoms with van der Waals surface area (Å²) in [6.07, 6.45) is 0. The molecule has 0 bridgehead atoms. The highest BCUT2D eigenvalue weighted by Gasteiger charge is 2.16. The summed E-state index contributed by atoms with van der Waals surface area (Å²) in [5.74, 6) is 0.215. The van der Waals surface area contributed by atoms with E-state index >= 15 is 0 Å². The molecule has 0 spiro atoms. The zero-order valence-corrected chi connectivity index (χ0v) is 17.7. The zero-order chi connectivity index (χ0) is 21.2. The van der Waals surface area contributed by atoms with E-state index in [9.17, 15) is 9.18 Å². The summed E-state index contributed by atoms with van der Waals surface area (Å²) in [6, 6.07) is 17.1. The summed E-state index contributed by atoms with van der Waals surface area (Å²) < 4.78 is 19.0. The van der Waals surface area contributed by atoms with E-state index in [4.69, 9.17) is 4.74 Å². The topological polar surface area (TPSA) is 26.3 Å². The van der Waals surface area contributed by atoms with Crippen LogP contribution < -0.4 is 4.74 Å². The van der Waals surface area contributed by atoms with Gasteiger partial charge in [0, 0.05) is 11.1 Å². The van der Waals surface area contributed by atoms with Gasteiger partial charge < -0.3 is 4.74 Å². The maximum Gasteiger partial charge on any atom is 0.193 e. The molecule has 0 aliphatic carbocycles. The lowest BCUT2D eigenvalue weighted by molar-refractivity contribution is 0.103. The van der Waals surface area contributed by atoms with Gasteiger partial charge in [-0.15, -0.1) is 0 Å². The number of carbonyl (C=O) groups excluding carboxylic acids is 1. The molecule has 0 aliphatic heterocycles. The minimum absolute atomic E-state index is 0.113. The number of carbonyl (C=O) groups is 1. The maximum absolute atomic E-state index is 13.0. The molecule has 0 aromatic heterocycles. The van der Waals surface area contributed by atoms with E-state index in [1.54, 1.807) is 24.3 Å². The van der Waals surface area contributed by atoms with Crippen molar-refractivity contribution in [1.29, 1.82) is 0 Å². The molecule has 2 nitrogen and oxygen atoms in total. The second-order valence-electron chi connectivity index (χ2n) is 8.49. The monoisotopic (exact) mass is 390 g/mol. The van der Waals surface area contributed by atoms with E-state index in [1.165, 1.54) is 46.5 Å². The van der Waals surface area contributed by atoms with E-state index in [0.29, 0.717) is 23.5 Å². The fourth-order valence-electron chi connectivity index (χ4n) is 3.28. The molecular weight excluding hydrogens is 363 g/mol. The number of hydrogen-bond donors (Lipinski definition) is 0. The molecule has 0 saturated heterocycles. The number of aryl methyl sites for hydroxylation is 2. The summed E-state index contributed by atoms with van der Waals surface area (Å²) in [7, 11) is 0. The number of ether oxygens (including phenoxy) is 1. The van der Waals surface area contributed by atoms with Gasteiger partial charge in [0.05, 0.1) is 0 Å². The van der Waals surface area contributed by atoms with Crippen molar-refractivity contribution in [2.75, 3.05) is 0 Å². The Morgan fingerprint density at radius 3 is 1.83 bits per heavy atom. The van der Waals surface area contributed by atoms with Crippen LogP contribution in [0.2, 0.25) is 0 Å². The standard InChI is InChI=1S/C26H27FO2/c1-17-14-21(26(3,4)5)15-18(2)24(17)16-29-23-12-8-20(9-13-23)25(28)19-6-10-22(27)11-7-19/h6-15H,16H2,1-5H3. The minimum Gasteiger partial charge on any atom is -0.489 e. The Morgan fingerprint density at radius 1 is 0.862 bits per heavy atom. The summed E-state index contributed by atoms with van der Waals surface area (Å²) >= 11 is 0. The largest absolute Gasteiger partial charge is 0.489 e. The van der Waals surface area contributed by atoms with E-state index < -0.39 is 0 Å². The maximum atomic E-state index is 13.0. The van der Waals surface area contributed by atoms with Crippen LogP contribution in [-0.2, 0) is 12.0 Å². The lowest BCUT2D eigenvalue weighted by Crippen LogP contribution is -2.13. The van der Waals surface area contributed by atoms with Crippen LogP contribution in [0.4, 0.5) is 4.39 Å². The summed E-state index contributed by atoms with van der Waals surface area (Å²) in [6.45, 7) is 11.4. The van der Waals surface area contributed by atoms with Crippen LogP contribution in [0.15, 0.2) is 60.7 Å². The average molecular weight is 390 g/mol. The van der Waals surface area contributed by atoms with Gasteiger partial charge in [0.2, 0.25) is 0 Å². The summed E-state index contributed by atoms with van der Waals surface area (Å²) in [5, 5.41) is 0. The van der Waals surface area contributed by atoms with Gasteiger partial charge >= 0.3 is 0 Å². The molecular formula is C26H27FO2. The lowest BCUT2D eigenvalue weighted by atomic mass is 9.84. The average Bonchev–Trinajstić information content (AvgIpc) is 2.67.